The van der Waals surface area contributed by atoms with Crippen LogP contribution in [0.15, 0.2) is 77.7 Å². The quantitative estimate of drug-likeness (QED) is 0.359. The number of nitrogens with one attached hydrogen (secondary N) is 1. The normalized spacial score (nSPS) is 12.9. The summed E-state index contributed by atoms with van der Waals surface area (Å²) in [4.78, 5) is 28.7. The van der Waals surface area contributed by atoms with Gasteiger partial charge in [-0.25, -0.2) is 8.42 Å². The molecule has 3 aromatic carbocycles. The molecule has 3 rings (SSSR count). The Morgan fingerprint density at radius 1 is 0.872 bits per heavy atom. The Balaban J connectivity index is 2.05. The number of aryl methyl sites for hydroxylation is 3. The molecule has 0 bridgehead atoms. The highest BCUT2D eigenvalue weighted by Gasteiger charge is 2.33. The number of rotatable bonds is 11. The summed E-state index contributed by atoms with van der Waals surface area (Å²) in [6, 6.07) is 20.5. The molecule has 0 aliphatic heterocycles. The molecule has 0 fully saturated rings. The molecule has 3 aromatic rings. The Morgan fingerprint density at radius 2 is 1.49 bits per heavy atom. The van der Waals surface area contributed by atoms with Crippen LogP contribution in [-0.4, -0.2) is 43.8 Å². The van der Waals surface area contributed by atoms with Crippen LogP contribution in [0, 0.1) is 20.8 Å². The van der Waals surface area contributed by atoms with Crippen LogP contribution in [0.1, 0.15) is 49.4 Å². The van der Waals surface area contributed by atoms with Gasteiger partial charge in [0.05, 0.1) is 10.6 Å². The molecule has 0 spiro atoms. The maximum atomic E-state index is 14.0. The standard InChI is InChI=1S/C31H39N3O4S/c1-7-25(5)32-31(36)26(6)33(20-27-17-14-22(2)15-18-27)30(35)21-34(29-19-23(3)13-16-24(29)4)39(37,38)28-11-9-8-10-12-28/h8-19,25-26H,7,20-21H2,1-6H3,(H,32,36)/t25-,26+/m1/s1. The zero-order valence-electron chi connectivity index (χ0n) is 23.6. The summed E-state index contributed by atoms with van der Waals surface area (Å²) in [5.74, 6) is -0.753. The van der Waals surface area contributed by atoms with Crippen molar-refractivity contribution >= 4 is 27.5 Å². The van der Waals surface area contributed by atoms with E-state index in [2.05, 4.69) is 5.32 Å². The third kappa shape index (κ3) is 7.47. The molecule has 8 heteroatoms. The van der Waals surface area contributed by atoms with Gasteiger partial charge in [0, 0.05) is 12.6 Å². The molecular formula is C31H39N3O4S. The molecule has 0 aliphatic rings. The fraction of sp³-hybridized carbons (Fsp3) is 0.355. The molecule has 1 N–H and O–H groups in total. The van der Waals surface area contributed by atoms with Crippen molar-refractivity contribution in [2.75, 3.05) is 10.8 Å². The van der Waals surface area contributed by atoms with Crippen molar-refractivity contribution in [2.45, 2.75) is 71.5 Å². The van der Waals surface area contributed by atoms with Crippen molar-refractivity contribution in [3.05, 3.63) is 95.1 Å². The number of hydrogen-bond donors (Lipinski definition) is 1. The lowest BCUT2D eigenvalue weighted by atomic mass is 10.1. The predicted octanol–water partition coefficient (Wildman–Crippen LogP) is 5.14. The van der Waals surface area contributed by atoms with E-state index in [1.165, 1.54) is 17.0 Å². The second-order valence-corrected chi connectivity index (χ2v) is 12.0. The largest absolute Gasteiger partial charge is 0.352 e. The van der Waals surface area contributed by atoms with Gasteiger partial charge in [0.1, 0.15) is 12.6 Å². The number of anilines is 1. The van der Waals surface area contributed by atoms with Crippen LogP contribution in [-0.2, 0) is 26.2 Å². The first kappa shape index (κ1) is 29.9. The Kier molecular flexibility index (Phi) is 9.92. The monoisotopic (exact) mass is 549 g/mol. The predicted molar refractivity (Wildman–Crippen MR) is 156 cm³/mol. The fourth-order valence-corrected chi connectivity index (χ4v) is 5.65. The molecule has 39 heavy (non-hydrogen) atoms. The first-order chi connectivity index (χ1) is 18.4. The maximum Gasteiger partial charge on any atom is 0.264 e. The van der Waals surface area contributed by atoms with Crippen LogP contribution in [0.25, 0.3) is 0 Å². The highest BCUT2D eigenvalue weighted by Crippen LogP contribution is 2.28. The first-order valence-corrected chi connectivity index (χ1v) is 14.7. The molecule has 0 radical (unpaired) electrons. The Hall–Kier alpha value is -3.65. The molecule has 0 saturated heterocycles. The smallest absolute Gasteiger partial charge is 0.264 e. The second-order valence-electron chi connectivity index (χ2n) is 10.1. The molecule has 0 saturated carbocycles. The first-order valence-electron chi connectivity index (χ1n) is 13.2. The number of amides is 2. The number of carbonyl (C=O) groups is 2. The van der Waals surface area contributed by atoms with Gasteiger partial charge in [-0.15, -0.1) is 0 Å². The zero-order valence-corrected chi connectivity index (χ0v) is 24.5. The lowest BCUT2D eigenvalue weighted by molar-refractivity contribution is -0.139. The number of benzene rings is 3. The molecule has 2 amide bonds. The van der Waals surface area contributed by atoms with Crippen LogP contribution in [0.3, 0.4) is 0 Å². The van der Waals surface area contributed by atoms with E-state index in [9.17, 15) is 18.0 Å². The van der Waals surface area contributed by atoms with Gasteiger partial charge in [-0.1, -0.05) is 67.1 Å². The number of nitrogens with zero attached hydrogens (tertiary/aromatic N) is 2. The Labute approximate surface area is 232 Å². The van der Waals surface area contributed by atoms with E-state index in [4.69, 9.17) is 0 Å². The minimum Gasteiger partial charge on any atom is -0.352 e. The van der Waals surface area contributed by atoms with Gasteiger partial charge in [-0.3, -0.25) is 13.9 Å². The molecule has 0 heterocycles. The van der Waals surface area contributed by atoms with E-state index < -0.39 is 28.5 Å². The van der Waals surface area contributed by atoms with Gasteiger partial charge in [0.15, 0.2) is 0 Å². The maximum absolute atomic E-state index is 14.0. The number of sulfonamides is 1. The van der Waals surface area contributed by atoms with Crippen molar-refractivity contribution in [3.63, 3.8) is 0 Å². The van der Waals surface area contributed by atoms with Crippen molar-refractivity contribution < 1.29 is 18.0 Å². The van der Waals surface area contributed by atoms with Gasteiger partial charge >= 0.3 is 0 Å². The third-order valence-corrected chi connectivity index (χ3v) is 8.66. The molecule has 0 aliphatic carbocycles. The minimum absolute atomic E-state index is 0.0545. The van der Waals surface area contributed by atoms with Crippen molar-refractivity contribution in [1.82, 2.24) is 10.2 Å². The summed E-state index contributed by atoms with van der Waals surface area (Å²) in [6.45, 7) is 11.0. The van der Waals surface area contributed by atoms with Gasteiger partial charge in [0.2, 0.25) is 11.8 Å². The topological polar surface area (TPSA) is 86.8 Å². The van der Waals surface area contributed by atoms with Crippen molar-refractivity contribution in [2.24, 2.45) is 0 Å². The number of carbonyl (C=O) groups excluding carboxylic acids is 2. The van der Waals surface area contributed by atoms with E-state index in [-0.39, 0.29) is 23.4 Å². The van der Waals surface area contributed by atoms with Crippen LogP contribution in [0.5, 0.6) is 0 Å². The summed E-state index contributed by atoms with van der Waals surface area (Å²) >= 11 is 0. The summed E-state index contributed by atoms with van der Waals surface area (Å²) in [5, 5.41) is 2.95. The molecule has 208 valence electrons. The van der Waals surface area contributed by atoms with Crippen molar-refractivity contribution in [3.8, 4) is 0 Å². The Morgan fingerprint density at radius 3 is 2.10 bits per heavy atom. The zero-order chi connectivity index (χ0) is 28.7. The summed E-state index contributed by atoms with van der Waals surface area (Å²) in [5.41, 5.74) is 3.95. The SMILES string of the molecule is CC[C@@H](C)NC(=O)[C@H](C)N(Cc1ccc(C)cc1)C(=O)CN(c1cc(C)ccc1C)S(=O)(=O)c1ccccc1. The highest BCUT2D eigenvalue weighted by molar-refractivity contribution is 7.92. The summed E-state index contributed by atoms with van der Waals surface area (Å²) in [6.07, 6.45) is 0.750. The molecule has 0 aromatic heterocycles. The van der Waals surface area contributed by atoms with E-state index in [1.807, 2.05) is 71.0 Å². The minimum atomic E-state index is -4.08. The average Bonchev–Trinajstić information content (AvgIpc) is 2.92. The van der Waals surface area contributed by atoms with E-state index in [1.54, 1.807) is 31.2 Å². The second kappa shape index (κ2) is 12.9. The molecule has 0 unspecified atom stereocenters. The highest BCUT2D eigenvalue weighted by atomic mass is 32.2. The molecular weight excluding hydrogens is 510 g/mol. The summed E-state index contributed by atoms with van der Waals surface area (Å²) in [7, 11) is -4.08. The molecule has 2 atom stereocenters. The van der Waals surface area contributed by atoms with Gasteiger partial charge in [0.25, 0.3) is 10.0 Å². The lowest BCUT2D eigenvalue weighted by Crippen LogP contribution is -2.52. The van der Waals surface area contributed by atoms with E-state index in [0.29, 0.717) is 5.69 Å². The Bertz CT molecular complexity index is 1390. The third-order valence-electron chi connectivity index (χ3n) is 6.89. The average molecular weight is 550 g/mol. The van der Waals surface area contributed by atoms with E-state index >= 15 is 0 Å². The van der Waals surface area contributed by atoms with Gasteiger partial charge in [-0.05, 0) is 75.9 Å². The van der Waals surface area contributed by atoms with E-state index in [0.717, 1.165) is 33.0 Å². The number of hydrogen-bond acceptors (Lipinski definition) is 4. The lowest BCUT2D eigenvalue weighted by Gasteiger charge is -2.33. The van der Waals surface area contributed by atoms with Crippen LogP contribution < -0.4 is 9.62 Å². The van der Waals surface area contributed by atoms with Gasteiger partial charge in [-0.2, -0.15) is 0 Å². The van der Waals surface area contributed by atoms with Crippen LogP contribution in [0.2, 0.25) is 0 Å². The molecule has 7 nitrogen and oxygen atoms in total. The van der Waals surface area contributed by atoms with Gasteiger partial charge < -0.3 is 10.2 Å². The van der Waals surface area contributed by atoms with Crippen LogP contribution >= 0.6 is 0 Å². The fourth-order valence-electron chi connectivity index (χ4n) is 4.16. The summed E-state index contributed by atoms with van der Waals surface area (Å²) < 4.78 is 29.0. The van der Waals surface area contributed by atoms with Crippen LogP contribution in [0.4, 0.5) is 5.69 Å². The van der Waals surface area contributed by atoms with Crippen molar-refractivity contribution in [1.29, 1.82) is 0 Å².